The highest BCUT2D eigenvalue weighted by molar-refractivity contribution is 6.26. The molecule has 0 radical (unpaired) electrons. The second kappa shape index (κ2) is 14.3. The van der Waals surface area contributed by atoms with E-state index in [1.807, 2.05) is 38.3 Å². The Balaban J connectivity index is 1.43. The lowest BCUT2D eigenvalue weighted by molar-refractivity contribution is 1.02. The number of hydrogen-bond acceptors (Lipinski definition) is 1. The third kappa shape index (κ3) is 5.82. The van der Waals surface area contributed by atoms with Gasteiger partial charge in [-0.3, -0.25) is 4.57 Å². The van der Waals surface area contributed by atoms with E-state index < -0.39 is 0 Å². The number of allylic oxidation sites excluding steroid dienone is 5. The second-order valence-corrected chi connectivity index (χ2v) is 12.6. The Bertz CT molecular complexity index is 2690. The Kier molecular flexibility index (Phi) is 8.90. The Morgan fingerprint density at radius 2 is 1.25 bits per heavy atom. The quantitative estimate of drug-likeness (QED) is 0.102. The number of nitrogens with zero attached hydrogens (tertiary/aromatic N) is 4. The van der Waals surface area contributed by atoms with Crippen LogP contribution >= 0.6 is 0 Å². The SMILES string of the molecule is C=C/C(=C\C=C/C)c1ccc(/C(=N/C(=N\Cc2ccccc2)n2c3ccccc3c3ccc4c5ccccc5n(-c5ccccc5)c4c32)NC)cc1. The van der Waals surface area contributed by atoms with Crippen LogP contribution in [-0.4, -0.2) is 28.0 Å². The van der Waals surface area contributed by atoms with Crippen LogP contribution < -0.4 is 5.32 Å². The molecule has 0 saturated carbocycles. The summed E-state index contributed by atoms with van der Waals surface area (Å²) in [5.74, 6) is 1.32. The van der Waals surface area contributed by atoms with Gasteiger partial charge in [0.15, 0.2) is 0 Å². The predicted octanol–water partition coefficient (Wildman–Crippen LogP) is 11.1. The summed E-state index contributed by atoms with van der Waals surface area (Å²) in [4.78, 5) is 10.7. The van der Waals surface area contributed by atoms with Gasteiger partial charge >= 0.3 is 0 Å². The van der Waals surface area contributed by atoms with Gasteiger partial charge in [-0.25, -0.2) is 4.99 Å². The van der Waals surface area contributed by atoms with Crippen LogP contribution in [0.3, 0.4) is 0 Å². The van der Waals surface area contributed by atoms with Gasteiger partial charge in [0.25, 0.3) is 0 Å². The van der Waals surface area contributed by atoms with Gasteiger partial charge < -0.3 is 9.88 Å². The summed E-state index contributed by atoms with van der Waals surface area (Å²) in [6.45, 7) is 6.51. The van der Waals surface area contributed by atoms with E-state index in [2.05, 4.69) is 167 Å². The number of nitrogens with one attached hydrogen (secondary N) is 1. The lowest BCUT2D eigenvalue weighted by Gasteiger charge is -2.14. The van der Waals surface area contributed by atoms with Crippen LogP contribution in [0.5, 0.6) is 0 Å². The van der Waals surface area contributed by atoms with Crippen molar-refractivity contribution in [1.29, 1.82) is 0 Å². The zero-order chi connectivity index (χ0) is 35.4. The highest BCUT2D eigenvalue weighted by atomic mass is 15.2. The summed E-state index contributed by atoms with van der Waals surface area (Å²) in [5.41, 5.74) is 9.68. The van der Waals surface area contributed by atoms with Crippen LogP contribution in [0.4, 0.5) is 0 Å². The number of hydrogen-bond donors (Lipinski definition) is 1. The Morgan fingerprint density at radius 1 is 0.654 bits per heavy atom. The van der Waals surface area contributed by atoms with Gasteiger partial charge in [0.1, 0.15) is 5.84 Å². The molecule has 0 fully saturated rings. The normalized spacial score (nSPS) is 12.8. The number of rotatable bonds is 7. The third-order valence-corrected chi connectivity index (χ3v) is 9.56. The monoisotopic (exact) mass is 673 g/mol. The third-order valence-electron chi connectivity index (χ3n) is 9.56. The van der Waals surface area contributed by atoms with Gasteiger partial charge in [0, 0.05) is 39.8 Å². The molecular formula is C47H39N5. The van der Waals surface area contributed by atoms with Crippen molar-refractivity contribution in [2.45, 2.75) is 13.5 Å². The summed E-state index contributed by atoms with van der Waals surface area (Å²) in [5, 5.41) is 8.07. The van der Waals surface area contributed by atoms with Gasteiger partial charge in [0.2, 0.25) is 5.96 Å². The van der Waals surface area contributed by atoms with E-state index in [0.29, 0.717) is 12.5 Å². The van der Waals surface area contributed by atoms with E-state index in [1.54, 1.807) is 0 Å². The molecule has 0 spiro atoms. The van der Waals surface area contributed by atoms with Gasteiger partial charge in [-0.2, -0.15) is 4.99 Å². The topological polar surface area (TPSA) is 46.6 Å². The van der Waals surface area contributed by atoms with E-state index in [9.17, 15) is 0 Å². The highest BCUT2D eigenvalue weighted by Crippen LogP contribution is 2.40. The van der Waals surface area contributed by atoms with E-state index >= 15 is 0 Å². The summed E-state index contributed by atoms with van der Waals surface area (Å²) >= 11 is 0. The van der Waals surface area contributed by atoms with Crippen molar-refractivity contribution in [2.75, 3.05) is 7.05 Å². The molecule has 0 atom stereocenters. The molecular weight excluding hydrogens is 635 g/mol. The maximum absolute atomic E-state index is 5.39. The molecule has 0 aliphatic heterocycles. The number of benzene rings is 6. The van der Waals surface area contributed by atoms with Gasteiger partial charge in [-0.1, -0.05) is 152 Å². The van der Waals surface area contributed by atoms with Crippen LogP contribution in [0.25, 0.3) is 54.9 Å². The molecule has 0 aliphatic carbocycles. The van der Waals surface area contributed by atoms with Crippen LogP contribution in [0.1, 0.15) is 23.6 Å². The maximum atomic E-state index is 5.39. The van der Waals surface area contributed by atoms with Crippen molar-refractivity contribution >= 4 is 61.0 Å². The van der Waals surface area contributed by atoms with Crippen molar-refractivity contribution in [1.82, 2.24) is 14.5 Å². The van der Waals surface area contributed by atoms with Crippen LogP contribution in [0.2, 0.25) is 0 Å². The first-order chi connectivity index (χ1) is 25.7. The Hall–Kier alpha value is -6.72. The molecule has 1 N–H and O–H groups in total. The number of amidine groups is 1. The number of fused-ring (bicyclic) bond motifs is 7. The summed E-state index contributed by atoms with van der Waals surface area (Å²) in [6.07, 6.45) is 8.00. The average Bonchev–Trinajstić information content (AvgIpc) is 3.73. The van der Waals surface area contributed by atoms with E-state index in [1.165, 1.54) is 10.8 Å². The Labute approximate surface area is 303 Å². The fourth-order valence-corrected chi connectivity index (χ4v) is 7.12. The molecule has 8 aromatic rings. The molecule has 2 aromatic heterocycles. The zero-order valence-corrected chi connectivity index (χ0v) is 29.4. The molecule has 5 heteroatoms. The summed E-state index contributed by atoms with van der Waals surface area (Å²) in [6, 6.07) is 51.2. The van der Waals surface area contributed by atoms with Crippen molar-refractivity contribution < 1.29 is 0 Å². The minimum Gasteiger partial charge on any atom is -0.373 e. The smallest absolute Gasteiger partial charge is 0.232 e. The van der Waals surface area contributed by atoms with Crippen LogP contribution in [0.15, 0.2) is 186 Å². The average molecular weight is 674 g/mol. The lowest BCUT2D eigenvalue weighted by Crippen LogP contribution is -2.23. The molecule has 5 nitrogen and oxygen atoms in total. The van der Waals surface area contributed by atoms with Crippen LogP contribution in [-0.2, 0) is 6.54 Å². The fourth-order valence-electron chi connectivity index (χ4n) is 7.12. The van der Waals surface area contributed by atoms with E-state index in [0.717, 1.165) is 66.6 Å². The molecule has 2 heterocycles. The fraction of sp³-hybridized carbons (Fsp3) is 0.0638. The standard InChI is InChI=1S/C47H39N5/c1-4-6-19-34(5-2)35-26-28-36(29-27-35)46(48-3)50-47(49-32-33-17-9-7-10-18-33)52-43-25-16-14-23-39(43)41-31-30-40-38-22-13-15-24-42(38)51(44(40)45(41)52)37-20-11-8-12-21-37/h4-31H,2,32H2,1,3H3,(H,48,49,50)/b6-4-,34-19+. The van der Waals surface area contributed by atoms with E-state index in [-0.39, 0.29) is 0 Å². The number of para-hydroxylation sites is 3. The number of aromatic nitrogens is 2. The van der Waals surface area contributed by atoms with Crippen molar-refractivity contribution in [3.63, 3.8) is 0 Å². The first-order valence-corrected chi connectivity index (χ1v) is 17.6. The molecule has 0 saturated heterocycles. The molecule has 252 valence electrons. The van der Waals surface area contributed by atoms with E-state index in [4.69, 9.17) is 9.98 Å². The largest absolute Gasteiger partial charge is 0.373 e. The first-order valence-electron chi connectivity index (χ1n) is 17.6. The van der Waals surface area contributed by atoms with Crippen LogP contribution in [0, 0.1) is 0 Å². The molecule has 8 rings (SSSR count). The number of aliphatic imine (C=N–C) groups is 2. The molecule has 0 bridgehead atoms. The molecule has 0 amide bonds. The lowest BCUT2D eigenvalue weighted by atomic mass is 10.0. The Morgan fingerprint density at radius 3 is 1.92 bits per heavy atom. The molecule has 0 unspecified atom stereocenters. The van der Waals surface area contributed by atoms with Crippen molar-refractivity contribution in [3.8, 4) is 5.69 Å². The van der Waals surface area contributed by atoms with Gasteiger partial charge in [-0.05, 0) is 47.9 Å². The minimum absolute atomic E-state index is 0.472. The first kappa shape index (κ1) is 32.5. The van der Waals surface area contributed by atoms with Crippen molar-refractivity contribution in [2.24, 2.45) is 9.98 Å². The second-order valence-electron chi connectivity index (χ2n) is 12.6. The van der Waals surface area contributed by atoms with Gasteiger partial charge in [-0.15, -0.1) is 0 Å². The minimum atomic E-state index is 0.472. The predicted molar refractivity (Wildman–Crippen MR) is 222 cm³/mol. The summed E-state index contributed by atoms with van der Waals surface area (Å²) < 4.78 is 4.65. The highest BCUT2D eigenvalue weighted by Gasteiger charge is 2.22. The molecule has 0 aliphatic rings. The van der Waals surface area contributed by atoms with Crippen molar-refractivity contribution in [3.05, 3.63) is 193 Å². The van der Waals surface area contributed by atoms with Gasteiger partial charge in [0.05, 0.1) is 28.6 Å². The molecule has 52 heavy (non-hydrogen) atoms. The molecule has 6 aromatic carbocycles. The summed E-state index contributed by atoms with van der Waals surface area (Å²) in [7, 11) is 1.92. The maximum Gasteiger partial charge on any atom is 0.232 e. The zero-order valence-electron chi connectivity index (χ0n) is 29.4.